The van der Waals surface area contributed by atoms with Gasteiger partial charge in [0, 0.05) is 29.4 Å². The van der Waals surface area contributed by atoms with Crippen molar-refractivity contribution >= 4 is 34.5 Å². The van der Waals surface area contributed by atoms with E-state index in [0.29, 0.717) is 37.0 Å². The first-order valence-electron chi connectivity index (χ1n) is 11.6. The maximum Gasteiger partial charge on any atom is 0.257 e. The first-order valence-corrected chi connectivity index (χ1v) is 12.8. The average molecular weight is 486 g/mol. The highest BCUT2D eigenvalue weighted by molar-refractivity contribution is 7.99. The summed E-state index contributed by atoms with van der Waals surface area (Å²) < 4.78 is 5.84. The van der Waals surface area contributed by atoms with E-state index in [4.69, 9.17) is 4.74 Å². The molecule has 1 aliphatic rings. The normalized spacial score (nSPS) is 15.4. The van der Waals surface area contributed by atoms with E-state index in [1.165, 1.54) is 0 Å². The molecule has 1 unspecified atom stereocenters. The second-order valence-corrected chi connectivity index (χ2v) is 9.55. The lowest BCUT2D eigenvalue weighted by molar-refractivity contribution is -0.124. The van der Waals surface area contributed by atoms with Gasteiger partial charge < -0.3 is 19.9 Å². The predicted molar refractivity (Wildman–Crippen MR) is 139 cm³/mol. The quantitative estimate of drug-likeness (QED) is 0.379. The zero-order chi connectivity index (χ0) is 24.0. The van der Waals surface area contributed by atoms with Gasteiger partial charge in [0.05, 0.1) is 24.7 Å². The molecule has 35 heavy (non-hydrogen) atoms. The number of carbonyl (C=O) groups excluding carboxylic acids is 2. The first kappa shape index (κ1) is 23.2. The smallest absolute Gasteiger partial charge is 0.257 e. The molecule has 0 spiro atoms. The van der Waals surface area contributed by atoms with Gasteiger partial charge in [0.25, 0.3) is 5.91 Å². The molecule has 0 radical (unpaired) electrons. The molecular formula is C28H27N3O3S. The fourth-order valence-corrected chi connectivity index (χ4v) is 5.41. The average Bonchev–Trinajstić information content (AvgIpc) is 3.56. The Hall–Kier alpha value is -3.55. The summed E-state index contributed by atoms with van der Waals surface area (Å²) in [6.45, 7) is 1.46. The number of nitrogens with one attached hydrogen (secondary N) is 2. The molecule has 1 aliphatic heterocycles. The van der Waals surface area contributed by atoms with Gasteiger partial charge >= 0.3 is 0 Å². The van der Waals surface area contributed by atoms with Crippen LogP contribution in [0.1, 0.15) is 27.0 Å². The summed E-state index contributed by atoms with van der Waals surface area (Å²) in [6, 6.07) is 25.3. The van der Waals surface area contributed by atoms with Crippen molar-refractivity contribution < 1.29 is 14.3 Å². The monoisotopic (exact) mass is 485 g/mol. The predicted octanol–water partition coefficient (Wildman–Crippen LogP) is 4.72. The minimum Gasteiger partial charge on any atom is -0.372 e. The van der Waals surface area contributed by atoms with E-state index in [0.717, 1.165) is 27.6 Å². The van der Waals surface area contributed by atoms with Crippen LogP contribution >= 0.6 is 11.8 Å². The third-order valence-electron chi connectivity index (χ3n) is 6.10. The van der Waals surface area contributed by atoms with Crippen LogP contribution in [-0.4, -0.2) is 39.4 Å². The van der Waals surface area contributed by atoms with Crippen LogP contribution in [0.3, 0.4) is 0 Å². The summed E-state index contributed by atoms with van der Waals surface area (Å²) in [7, 11) is 0. The topological polar surface area (TPSA) is 74.4 Å². The molecule has 0 aliphatic carbocycles. The molecule has 0 bridgehead atoms. The number of hydrogen-bond acceptors (Lipinski definition) is 4. The Balaban J connectivity index is 1.17. The van der Waals surface area contributed by atoms with Crippen molar-refractivity contribution in [3.63, 3.8) is 0 Å². The number of amides is 2. The Bertz CT molecular complexity index is 1320. The number of ether oxygens (including phenoxy) is 1. The number of H-pyrrole nitrogens is 1. The minimum atomic E-state index is -0.487. The molecule has 4 aromatic rings. The first-order chi connectivity index (χ1) is 17.2. The van der Waals surface area contributed by atoms with E-state index in [2.05, 4.69) is 10.3 Å². The van der Waals surface area contributed by atoms with Crippen LogP contribution in [0.15, 0.2) is 85.1 Å². The molecule has 1 fully saturated rings. The fraction of sp³-hybridized carbons (Fsp3) is 0.214. The zero-order valence-electron chi connectivity index (χ0n) is 19.3. The molecule has 5 rings (SSSR count). The third-order valence-corrected chi connectivity index (χ3v) is 7.12. The molecule has 2 heterocycles. The van der Waals surface area contributed by atoms with Gasteiger partial charge in [-0.05, 0) is 22.8 Å². The van der Waals surface area contributed by atoms with Gasteiger partial charge in [-0.3, -0.25) is 9.59 Å². The molecular weight excluding hydrogens is 458 g/mol. The SMILES string of the molecule is O=C(NCc1cccc(COCc2ccccc2)c1)C1CSCN1C(=O)c1c[nH]c2ccccc12. The van der Waals surface area contributed by atoms with Crippen LogP contribution in [0, 0.1) is 0 Å². The number of hydrogen-bond donors (Lipinski definition) is 2. The van der Waals surface area contributed by atoms with Crippen LogP contribution in [0.2, 0.25) is 0 Å². The van der Waals surface area contributed by atoms with E-state index in [-0.39, 0.29) is 11.8 Å². The highest BCUT2D eigenvalue weighted by Gasteiger charge is 2.35. The largest absolute Gasteiger partial charge is 0.372 e. The maximum absolute atomic E-state index is 13.3. The highest BCUT2D eigenvalue weighted by atomic mass is 32.2. The zero-order valence-corrected chi connectivity index (χ0v) is 20.1. The molecule has 1 aromatic heterocycles. The van der Waals surface area contributed by atoms with Gasteiger partial charge in [-0.15, -0.1) is 11.8 Å². The fourth-order valence-electron chi connectivity index (χ4n) is 4.26. The van der Waals surface area contributed by atoms with E-state index >= 15 is 0 Å². The summed E-state index contributed by atoms with van der Waals surface area (Å²) in [5.74, 6) is 0.844. The number of benzene rings is 3. The highest BCUT2D eigenvalue weighted by Crippen LogP contribution is 2.26. The Morgan fingerprint density at radius 2 is 1.69 bits per heavy atom. The maximum atomic E-state index is 13.3. The molecule has 1 saturated heterocycles. The number of nitrogens with zero attached hydrogens (tertiary/aromatic N) is 1. The summed E-state index contributed by atoms with van der Waals surface area (Å²) in [5, 5.41) is 3.90. The van der Waals surface area contributed by atoms with Gasteiger partial charge in [0.1, 0.15) is 6.04 Å². The number of rotatable bonds is 8. The van der Waals surface area contributed by atoms with Crippen molar-refractivity contribution in [1.82, 2.24) is 15.2 Å². The Kier molecular flexibility index (Phi) is 7.16. The van der Waals surface area contributed by atoms with Crippen LogP contribution < -0.4 is 5.32 Å². The lowest BCUT2D eigenvalue weighted by atomic mass is 10.1. The van der Waals surface area contributed by atoms with Crippen molar-refractivity contribution in [1.29, 1.82) is 0 Å². The van der Waals surface area contributed by atoms with Gasteiger partial charge in [0.15, 0.2) is 0 Å². The van der Waals surface area contributed by atoms with E-state index in [9.17, 15) is 9.59 Å². The van der Waals surface area contributed by atoms with Crippen molar-refractivity contribution in [3.05, 3.63) is 107 Å². The molecule has 2 amide bonds. The van der Waals surface area contributed by atoms with Gasteiger partial charge in [0.2, 0.25) is 5.91 Å². The molecule has 1 atom stereocenters. The van der Waals surface area contributed by atoms with Crippen LogP contribution in [0.25, 0.3) is 10.9 Å². The molecule has 3 aromatic carbocycles. The number of para-hydroxylation sites is 1. The van der Waals surface area contributed by atoms with Gasteiger partial charge in [-0.2, -0.15) is 0 Å². The summed E-state index contributed by atoms with van der Waals surface area (Å²) in [6.07, 6.45) is 1.73. The minimum absolute atomic E-state index is 0.120. The van der Waals surface area contributed by atoms with E-state index < -0.39 is 6.04 Å². The molecule has 2 N–H and O–H groups in total. The number of thioether (sulfide) groups is 1. The summed E-state index contributed by atoms with van der Waals surface area (Å²) in [5.41, 5.74) is 4.71. The lowest BCUT2D eigenvalue weighted by Crippen LogP contribution is -2.47. The van der Waals surface area contributed by atoms with Crippen LogP contribution in [-0.2, 0) is 29.3 Å². The van der Waals surface area contributed by atoms with Crippen LogP contribution in [0.5, 0.6) is 0 Å². The Morgan fingerprint density at radius 1 is 0.943 bits per heavy atom. The Morgan fingerprint density at radius 3 is 2.57 bits per heavy atom. The summed E-state index contributed by atoms with van der Waals surface area (Å²) >= 11 is 1.60. The number of fused-ring (bicyclic) bond motifs is 1. The van der Waals surface area contributed by atoms with Crippen LogP contribution in [0.4, 0.5) is 0 Å². The van der Waals surface area contributed by atoms with Crippen molar-refractivity contribution in [2.24, 2.45) is 0 Å². The molecule has 7 heteroatoms. The molecule has 6 nitrogen and oxygen atoms in total. The van der Waals surface area contributed by atoms with Crippen molar-refractivity contribution in [2.45, 2.75) is 25.8 Å². The second kappa shape index (κ2) is 10.8. The molecule has 0 saturated carbocycles. The summed E-state index contributed by atoms with van der Waals surface area (Å²) in [4.78, 5) is 31.1. The number of aromatic nitrogens is 1. The van der Waals surface area contributed by atoms with Gasteiger partial charge in [-0.1, -0.05) is 72.8 Å². The van der Waals surface area contributed by atoms with Gasteiger partial charge in [-0.25, -0.2) is 0 Å². The van der Waals surface area contributed by atoms with E-state index in [1.807, 2.05) is 78.9 Å². The standard InChI is InChI=1S/C28H27N3O3S/c32-27(26-18-35-19-31(26)28(33)24-15-29-25-12-5-4-11-23(24)25)30-14-21-9-6-10-22(13-21)17-34-16-20-7-2-1-3-8-20/h1-13,15,26,29H,14,16-19H2,(H,30,32). The second-order valence-electron chi connectivity index (χ2n) is 8.55. The lowest BCUT2D eigenvalue weighted by Gasteiger charge is -2.23. The number of carbonyl (C=O) groups is 2. The Labute approximate surface area is 208 Å². The van der Waals surface area contributed by atoms with Crippen molar-refractivity contribution in [2.75, 3.05) is 11.6 Å². The third kappa shape index (κ3) is 5.42. The number of aromatic amines is 1. The van der Waals surface area contributed by atoms with E-state index in [1.54, 1.807) is 22.9 Å². The van der Waals surface area contributed by atoms with Crippen molar-refractivity contribution in [3.8, 4) is 0 Å². The molecule has 178 valence electrons.